The fraction of sp³-hybridized carbons (Fsp3) is 0.182. The van der Waals surface area contributed by atoms with Gasteiger partial charge in [-0.15, -0.1) is 0 Å². The Kier molecular flexibility index (Phi) is 6.33. The number of aromatic nitrogens is 3. The molecule has 0 aliphatic rings. The Labute approximate surface area is 193 Å². The summed E-state index contributed by atoms with van der Waals surface area (Å²) in [5, 5.41) is 18.4. The van der Waals surface area contributed by atoms with E-state index in [1.54, 1.807) is 43.5 Å². The van der Waals surface area contributed by atoms with Gasteiger partial charge < -0.3 is 5.11 Å². The number of rotatable bonds is 7. The van der Waals surface area contributed by atoms with E-state index >= 15 is 4.39 Å². The number of nitrogens with one attached hydrogen (secondary N) is 2. The number of aliphatic hydroxyl groups is 1. The molecule has 11 heteroatoms. The molecule has 7 nitrogen and oxygen atoms in total. The normalized spacial score (nSPS) is 12.8. The first-order chi connectivity index (χ1) is 15.7. The van der Waals surface area contributed by atoms with Crippen LogP contribution in [0.1, 0.15) is 30.7 Å². The fourth-order valence-corrected chi connectivity index (χ4v) is 4.71. The summed E-state index contributed by atoms with van der Waals surface area (Å²) in [7, 11) is -3.83. The van der Waals surface area contributed by atoms with Crippen molar-refractivity contribution in [2.45, 2.75) is 19.4 Å². The molecule has 4 rings (SSSR count). The number of aromatic amines is 1. The second-order valence-electron chi connectivity index (χ2n) is 7.38. The topological polar surface area (TPSA) is 108 Å². The van der Waals surface area contributed by atoms with Gasteiger partial charge in [-0.05, 0) is 42.3 Å². The first-order valence-electron chi connectivity index (χ1n) is 9.96. The van der Waals surface area contributed by atoms with Crippen LogP contribution in [-0.2, 0) is 10.0 Å². The van der Waals surface area contributed by atoms with E-state index in [1.807, 2.05) is 0 Å². The molecule has 2 heterocycles. The number of anilines is 1. The van der Waals surface area contributed by atoms with Gasteiger partial charge in [0.15, 0.2) is 11.5 Å². The fourth-order valence-electron chi connectivity index (χ4n) is 3.45. The molecular weight excluding hydrogens is 474 g/mol. The zero-order chi connectivity index (χ0) is 23.8. The highest BCUT2D eigenvalue weighted by Gasteiger charge is 2.27. The monoisotopic (exact) mass is 492 g/mol. The molecule has 1 unspecified atom stereocenters. The molecule has 0 bridgehead atoms. The van der Waals surface area contributed by atoms with E-state index in [9.17, 15) is 17.9 Å². The van der Waals surface area contributed by atoms with Crippen molar-refractivity contribution in [3.63, 3.8) is 0 Å². The van der Waals surface area contributed by atoms with Crippen molar-refractivity contribution in [2.24, 2.45) is 0 Å². The van der Waals surface area contributed by atoms with Crippen LogP contribution in [0.25, 0.3) is 22.2 Å². The summed E-state index contributed by atoms with van der Waals surface area (Å²) in [6.45, 7) is 1.66. The highest BCUT2D eigenvalue weighted by atomic mass is 35.5. The Morgan fingerprint density at radius 3 is 2.58 bits per heavy atom. The minimum Gasteiger partial charge on any atom is -0.382 e. The van der Waals surface area contributed by atoms with E-state index in [-0.39, 0.29) is 11.4 Å². The highest BCUT2D eigenvalue weighted by Crippen LogP contribution is 2.34. The van der Waals surface area contributed by atoms with Crippen molar-refractivity contribution in [1.29, 1.82) is 0 Å². The second kappa shape index (κ2) is 9.05. The summed E-state index contributed by atoms with van der Waals surface area (Å²) in [5.74, 6) is -2.50. The molecular formula is C22H19ClF2N4O3S. The van der Waals surface area contributed by atoms with Crippen LogP contribution < -0.4 is 4.72 Å². The summed E-state index contributed by atoms with van der Waals surface area (Å²) in [6.07, 6.45) is 0.0803. The first-order valence-corrected chi connectivity index (χ1v) is 12.0. The minimum atomic E-state index is -3.83. The Morgan fingerprint density at radius 2 is 1.88 bits per heavy atom. The van der Waals surface area contributed by atoms with E-state index in [4.69, 9.17) is 11.6 Å². The van der Waals surface area contributed by atoms with Gasteiger partial charge in [-0.2, -0.15) is 5.10 Å². The molecule has 0 saturated carbocycles. The molecule has 33 heavy (non-hydrogen) atoms. The Morgan fingerprint density at radius 1 is 1.15 bits per heavy atom. The van der Waals surface area contributed by atoms with Crippen LogP contribution in [0.3, 0.4) is 0 Å². The standard InChI is InChI=1S/C22H19ClF2N4O3S/c1-2-9-33(31,32)29-17-8-7-16(24)18(19(17)25)21(30)20-15-10-13(11-26-22(15)28-27-20)12-3-5-14(23)6-4-12/h3-8,10-11,21,29-30H,2,9H2,1H3,(H,26,27,28). The van der Waals surface area contributed by atoms with Gasteiger partial charge in [0.1, 0.15) is 17.6 Å². The molecule has 0 radical (unpaired) electrons. The van der Waals surface area contributed by atoms with Crippen molar-refractivity contribution in [1.82, 2.24) is 15.2 Å². The number of sulfonamides is 1. The molecule has 0 fully saturated rings. The SMILES string of the molecule is CCCS(=O)(=O)Nc1ccc(F)c(C(O)c2n[nH]c3ncc(-c4ccc(Cl)cc4)cc23)c1F. The number of pyridine rings is 1. The van der Waals surface area contributed by atoms with Crippen LogP contribution in [-0.4, -0.2) is 34.5 Å². The number of hydrogen-bond donors (Lipinski definition) is 3. The van der Waals surface area contributed by atoms with Crippen LogP contribution in [0.2, 0.25) is 5.02 Å². The van der Waals surface area contributed by atoms with E-state index < -0.39 is 39.0 Å². The summed E-state index contributed by atoms with van der Waals surface area (Å²) in [4.78, 5) is 4.27. The first kappa shape index (κ1) is 23.1. The predicted octanol–water partition coefficient (Wildman–Crippen LogP) is 4.79. The Bertz CT molecular complexity index is 1430. The van der Waals surface area contributed by atoms with Gasteiger partial charge in [-0.25, -0.2) is 22.2 Å². The maximum atomic E-state index is 15.1. The van der Waals surface area contributed by atoms with Gasteiger partial charge in [-0.3, -0.25) is 9.82 Å². The number of nitrogens with zero attached hydrogens (tertiary/aromatic N) is 2. The number of halogens is 3. The number of benzene rings is 2. The van der Waals surface area contributed by atoms with Crippen molar-refractivity contribution >= 4 is 38.3 Å². The number of hydrogen-bond acceptors (Lipinski definition) is 5. The quantitative estimate of drug-likeness (QED) is 0.344. The van der Waals surface area contributed by atoms with Gasteiger partial charge in [0.05, 0.1) is 17.0 Å². The summed E-state index contributed by atoms with van der Waals surface area (Å²) in [5.41, 5.74) is 0.536. The molecule has 0 saturated heterocycles. The van der Waals surface area contributed by atoms with E-state index in [0.29, 0.717) is 28.0 Å². The van der Waals surface area contributed by atoms with Crippen LogP contribution in [0, 0.1) is 11.6 Å². The summed E-state index contributed by atoms with van der Waals surface area (Å²) < 4.78 is 55.9. The van der Waals surface area contributed by atoms with Crippen molar-refractivity contribution in [3.05, 3.63) is 76.6 Å². The van der Waals surface area contributed by atoms with Gasteiger partial charge in [0.2, 0.25) is 10.0 Å². The molecule has 172 valence electrons. The lowest BCUT2D eigenvalue weighted by Gasteiger charge is -2.15. The largest absolute Gasteiger partial charge is 0.382 e. The average molecular weight is 493 g/mol. The van der Waals surface area contributed by atoms with E-state index in [0.717, 1.165) is 17.7 Å². The lowest BCUT2D eigenvalue weighted by Crippen LogP contribution is -2.18. The number of aliphatic hydroxyl groups excluding tert-OH is 1. The molecule has 4 aromatic rings. The van der Waals surface area contributed by atoms with Gasteiger partial charge >= 0.3 is 0 Å². The third-order valence-electron chi connectivity index (χ3n) is 5.02. The van der Waals surface area contributed by atoms with Gasteiger partial charge in [0, 0.05) is 22.2 Å². The number of fused-ring (bicyclic) bond motifs is 1. The molecule has 0 aliphatic carbocycles. The molecule has 0 amide bonds. The third-order valence-corrected chi connectivity index (χ3v) is 6.75. The van der Waals surface area contributed by atoms with E-state index in [2.05, 4.69) is 19.9 Å². The maximum absolute atomic E-state index is 15.1. The van der Waals surface area contributed by atoms with Crippen LogP contribution in [0.4, 0.5) is 14.5 Å². The van der Waals surface area contributed by atoms with Crippen LogP contribution in [0.5, 0.6) is 0 Å². The minimum absolute atomic E-state index is 0.0559. The second-order valence-corrected chi connectivity index (χ2v) is 9.66. The van der Waals surface area contributed by atoms with Crippen molar-refractivity contribution < 1.29 is 22.3 Å². The maximum Gasteiger partial charge on any atom is 0.232 e. The Hall–Kier alpha value is -3.08. The van der Waals surface area contributed by atoms with Crippen molar-refractivity contribution in [2.75, 3.05) is 10.5 Å². The van der Waals surface area contributed by atoms with Gasteiger partial charge in [-0.1, -0.05) is 30.7 Å². The average Bonchev–Trinajstić information content (AvgIpc) is 3.19. The summed E-state index contributed by atoms with van der Waals surface area (Å²) >= 11 is 5.93. The van der Waals surface area contributed by atoms with Crippen molar-refractivity contribution in [3.8, 4) is 11.1 Å². The number of H-pyrrole nitrogens is 1. The molecule has 2 aromatic heterocycles. The molecule has 3 N–H and O–H groups in total. The Balaban J connectivity index is 1.77. The molecule has 1 atom stereocenters. The van der Waals surface area contributed by atoms with Crippen LogP contribution >= 0.6 is 11.6 Å². The zero-order valence-corrected chi connectivity index (χ0v) is 18.9. The molecule has 0 spiro atoms. The smallest absolute Gasteiger partial charge is 0.232 e. The van der Waals surface area contributed by atoms with E-state index in [1.165, 1.54) is 0 Å². The third kappa shape index (κ3) is 4.68. The lowest BCUT2D eigenvalue weighted by atomic mass is 10.0. The lowest BCUT2D eigenvalue weighted by molar-refractivity contribution is 0.206. The zero-order valence-electron chi connectivity index (χ0n) is 17.3. The van der Waals surface area contributed by atoms with Crippen LogP contribution in [0.15, 0.2) is 48.7 Å². The molecule has 2 aromatic carbocycles. The molecule has 0 aliphatic heterocycles. The predicted molar refractivity (Wildman–Crippen MR) is 122 cm³/mol. The summed E-state index contributed by atoms with van der Waals surface area (Å²) in [6, 6.07) is 10.5. The van der Waals surface area contributed by atoms with Gasteiger partial charge in [0.25, 0.3) is 0 Å². The highest BCUT2D eigenvalue weighted by molar-refractivity contribution is 7.92.